The van der Waals surface area contributed by atoms with E-state index in [0.29, 0.717) is 10.9 Å². The summed E-state index contributed by atoms with van der Waals surface area (Å²) in [5, 5.41) is 3.95. The first-order valence-corrected chi connectivity index (χ1v) is 8.12. The highest BCUT2D eigenvalue weighted by atomic mass is 35.5. The Morgan fingerprint density at radius 3 is 2.71 bits per heavy atom. The zero-order valence-corrected chi connectivity index (χ0v) is 13.4. The second kappa shape index (κ2) is 5.11. The molecule has 5 nitrogen and oxygen atoms in total. The van der Waals surface area contributed by atoms with Crippen LogP contribution in [0, 0.1) is 0 Å². The van der Waals surface area contributed by atoms with Crippen LogP contribution in [0.3, 0.4) is 0 Å². The van der Waals surface area contributed by atoms with Gasteiger partial charge in [-0.05, 0) is 18.2 Å². The first kappa shape index (κ1) is 13.6. The lowest BCUT2D eigenvalue weighted by atomic mass is 10.1. The third-order valence-corrected chi connectivity index (χ3v) is 4.42. The van der Waals surface area contributed by atoms with Gasteiger partial charge >= 0.3 is 5.84 Å². The number of aromatic nitrogens is 2. The Morgan fingerprint density at radius 1 is 1.08 bits per heavy atom. The summed E-state index contributed by atoms with van der Waals surface area (Å²) < 4.78 is 7.70. The van der Waals surface area contributed by atoms with E-state index in [1.807, 2.05) is 28.8 Å². The molecule has 24 heavy (non-hydrogen) atoms. The minimum Gasteiger partial charge on any atom is -0.423 e. The van der Waals surface area contributed by atoms with E-state index in [0.717, 1.165) is 46.8 Å². The molecule has 118 valence electrons. The number of fused-ring (bicyclic) bond motifs is 3. The van der Waals surface area contributed by atoms with Gasteiger partial charge in [0.25, 0.3) is 0 Å². The monoisotopic (exact) mass is 336 g/mol. The lowest BCUT2D eigenvalue weighted by Gasteiger charge is -2.03. The molecule has 0 fully saturated rings. The number of rotatable bonds is 2. The van der Waals surface area contributed by atoms with Gasteiger partial charge in [0.1, 0.15) is 5.84 Å². The van der Waals surface area contributed by atoms with Gasteiger partial charge < -0.3 is 9.73 Å². The lowest BCUT2D eigenvalue weighted by molar-refractivity contribution is 0.642. The molecule has 0 aliphatic carbocycles. The Hall–Kier alpha value is -2.79. The molecular weight excluding hydrogens is 324 g/mol. The number of amidine groups is 1. The Kier molecular flexibility index (Phi) is 2.90. The van der Waals surface area contributed by atoms with Crippen LogP contribution in [0.2, 0.25) is 5.02 Å². The first-order chi connectivity index (χ1) is 11.8. The van der Waals surface area contributed by atoms with Crippen molar-refractivity contribution in [2.75, 3.05) is 13.1 Å². The zero-order valence-electron chi connectivity index (χ0n) is 12.7. The predicted octanol–water partition coefficient (Wildman–Crippen LogP) is 3.75. The summed E-state index contributed by atoms with van der Waals surface area (Å²) in [6, 6.07) is 13.8. The quantitative estimate of drug-likeness (QED) is 0.606. The van der Waals surface area contributed by atoms with E-state index in [-0.39, 0.29) is 0 Å². The molecular formula is C18H13ClN4O. The summed E-state index contributed by atoms with van der Waals surface area (Å²) in [5.74, 6) is 1.52. The van der Waals surface area contributed by atoms with Crippen molar-refractivity contribution >= 4 is 34.4 Å². The number of oxazole rings is 1. The van der Waals surface area contributed by atoms with Gasteiger partial charge in [-0.25, -0.2) is 0 Å². The number of aliphatic imine (C=N–C) groups is 1. The van der Waals surface area contributed by atoms with Gasteiger partial charge in [0.05, 0.1) is 17.8 Å². The van der Waals surface area contributed by atoms with Crippen LogP contribution < -0.4 is 5.32 Å². The molecule has 6 heteroatoms. The second-order valence-electron chi connectivity index (χ2n) is 5.73. The van der Waals surface area contributed by atoms with Crippen LogP contribution in [0.5, 0.6) is 0 Å². The van der Waals surface area contributed by atoms with Crippen LogP contribution in [0.15, 0.2) is 58.1 Å². The summed E-state index contributed by atoms with van der Waals surface area (Å²) in [6.45, 7) is 1.74. The molecule has 1 aliphatic rings. The van der Waals surface area contributed by atoms with Crippen LogP contribution in [0.4, 0.5) is 0 Å². The summed E-state index contributed by atoms with van der Waals surface area (Å²) >= 11 is 6.09. The van der Waals surface area contributed by atoms with Gasteiger partial charge in [-0.15, -0.1) is 0 Å². The number of imidazole rings is 1. The Bertz CT molecular complexity index is 1090. The molecule has 0 saturated carbocycles. The maximum Gasteiger partial charge on any atom is 0.307 e. The van der Waals surface area contributed by atoms with Gasteiger partial charge in [0.2, 0.25) is 0 Å². The summed E-state index contributed by atoms with van der Waals surface area (Å²) in [6.07, 6.45) is 1.97. The van der Waals surface area contributed by atoms with E-state index in [1.54, 1.807) is 0 Å². The van der Waals surface area contributed by atoms with Crippen molar-refractivity contribution in [3.8, 4) is 11.3 Å². The molecule has 5 rings (SSSR count). The van der Waals surface area contributed by atoms with Gasteiger partial charge in [-0.3, -0.25) is 9.39 Å². The number of halogens is 1. The Labute approximate surface area is 142 Å². The third-order valence-electron chi connectivity index (χ3n) is 4.18. The topological polar surface area (TPSA) is 54.8 Å². The third kappa shape index (κ3) is 2.09. The zero-order chi connectivity index (χ0) is 16.1. The fraction of sp³-hybridized carbons (Fsp3) is 0.111. The predicted molar refractivity (Wildman–Crippen MR) is 94.8 cm³/mol. The molecule has 0 bridgehead atoms. The summed E-state index contributed by atoms with van der Waals surface area (Å²) in [7, 11) is 0. The van der Waals surface area contributed by atoms with E-state index >= 15 is 0 Å². The molecule has 0 amide bonds. The highest BCUT2D eigenvalue weighted by molar-refractivity contribution is 6.31. The fourth-order valence-corrected chi connectivity index (χ4v) is 3.17. The minimum atomic E-state index is 0.563. The normalized spacial score (nSPS) is 14.3. The van der Waals surface area contributed by atoms with E-state index in [9.17, 15) is 0 Å². The average Bonchev–Trinajstić information content (AvgIpc) is 3.31. The number of nitrogens with zero attached hydrogens (tertiary/aromatic N) is 3. The first-order valence-electron chi connectivity index (χ1n) is 7.74. The van der Waals surface area contributed by atoms with Crippen molar-refractivity contribution in [1.29, 1.82) is 0 Å². The second-order valence-corrected chi connectivity index (χ2v) is 6.16. The maximum atomic E-state index is 6.09. The molecule has 0 saturated heterocycles. The summed E-state index contributed by atoms with van der Waals surface area (Å²) in [5.41, 5.74) is 4.68. The van der Waals surface area contributed by atoms with Crippen molar-refractivity contribution in [3.05, 3.63) is 59.2 Å². The van der Waals surface area contributed by atoms with Crippen LogP contribution in [0.25, 0.3) is 28.2 Å². The standard InChI is InChI=1S/C18H13ClN4O/c19-13-5-6-16-15(9-13)23-10-14(22-18(23)24-16)11-1-3-12(4-2-11)17-20-7-8-21-17/h1-6,9-10H,7-8H2,(H,20,21). The maximum absolute atomic E-state index is 6.09. The molecule has 3 heterocycles. The molecule has 0 radical (unpaired) electrons. The average molecular weight is 337 g/mol. The number of benzene rings is 2. The van der Waals surface area contributed by atoms with Crippen molar-refractivity contribution in [1.82, 2.24) is 14.7 Å². The van der Waals surface area contributed by atoms with Crippen molar-refractivity contribution in [2.24, 2.45) is 4.99 Å². The minimum absolute atomic E-state index is 0.563. The molecule has 4 aromatic rings. The van der Waals surface area contributed by atoms with E-state index in [2.05, 4.69) is 39.6 Å². The molecule has 0 atom stereocenters. The molecule has 2 aromatic heterocycles. The van der Waals surface area contributed by atoms with E-state index in [1.165, 1.54) is 0 Å². The van der Waals surface area contributed by atoms with Crippen LogP contribution in [-0.4, -0.2) is 28.3 Å². The van der Waals surface area contributed by atoms with Crippen molar-refractivity contribution in [2.45, 2.75) is 0 Å². The molecule has 1 N–H and O–H groups in total. The Balaban J connectivity index is 1.57. The smallest absolute Gasteiger partial charge is 0.307 e. The molecule has 2 aromatic carbocycles. The van der Waals surface area contributed by atoms with E-state index < -0.39 is 0 Å². The molecule has 0 spiro atoms. The van der Waals surface area contributed by atoms with Crippen LogP contribution in [0.1, 0.15) is 5.56 Å². The fourth-order valence-electron chi connectivity index (χ4n) is 3.00. The van der Waals surface area contributed by atoms with Gasteiger partial charge in [-0.1, -0.05) is 35.9 Å². The molecule has 0 unspecified atom stereocenters. The lowest BCUT2D eigenvalue weighted by Crippen LogP contribution is -2.19. The number of hydrogen-bond acceptors (Lipinski definition) is 4. The highest BCUT2D eigenvalue weighted by Gasteiger charge is 2.13. The van der Waals surface area contributed by atoms with Crippen molar-refractivity contribution < 1.29 is 4.42 Å². The summed E-state index contributed by atoms with van der Waals surface area (Å²) in [4.78, 5) is 9.02. The largest absolute Gasteiger partial charge is 0.423 e. The molecule has 1 aliphatic heterocycles. The van der Waals surface area contributed by atoms with Gasteiger partial charge in [-0.2, -0.15) is 4.98 Å². The number of nitrogens with one attached hydrogen (secondary N) is 1. The van der Waals surface area contributed by atoms with Crippen LogP contribution >= 0.6 is 11.6 Å². The van der Waals surface area contributed by atoms with Gasteiger partial charge in [0, 0.05) is 28.9 Å². The number of hydrogen-bond donors (Lipinski definition) is 1. The van der Waals surface area contributed by atoms with E-state index in [4.69, 9.17) is 16.0 Å². The Morgan fingerprint density at radius 2 is 1.92 bits per heavy atom. The highest BCUT2D eigenvalue weighted by Crippen LogP contribution is 2.27. The van der Waals surface area contributed by atoms with Crippen molar-refractivity contribution in [3.63, 3.8) is 0 Å². The van der Waals surface area contributed by atoms with Gasteiger partial charge in [0.15, 0.2) is 5.58 Å². The SMILES string of the molecule is Clc1ccc2oc3nc(-c4ccc(C5=NCCN5)cc4)cn3c2c1. The van der Waals surface area contributed by atoms with Crippen LogP contribution in [-0.2, 0) is 0 Å².